The Morgan fingerprint density at radius 3 is 2.68 bits per heavy atom. The molecule has 6 heteroatoms. The second kappa shape index (κ2) is 7.22. The van der Waals surface area contributed by atoms with Gasteiger partial charge in [-0.3, -0.25) is 4.79 Å². The van der Waals surface area contributed by atoms with Gasteiger partial charge in [-0.2, -0.15) is 0 Å². The van der Waals surface area contributed by atoms with Crippen LogP contribution in [0.25, 0.3) is 0 Å². The number of carbonyl (C=O) groups is 2. The highest BCUT2D eigenvalue weighted by Crippen LogP contribution is 2.39. The van der Waals surface area contributed by atoms with Crippen LogP contribution in [0.3, 0.4) is 0 Å². The first kappa shape index (κ1) is 16.9. The molecule has 1 amide bonds. The minimum absolute atomic E-state index is 0.0798. The number of hydrogen-bond acceptors (Lipinski definition) is 4. The summed E-state index contributed by atoms with van der Waals surface area (Å²) in [5.41, 5.74) is 0.510. The van der Waals surface area contributed by atoms with Crippen LogP contribution >= 0.6 is 11.3 Å². The molecular formula is C16H24N2O3S. The van der Waals surface area contributed by atoms with E-state index in [4.69, 9.17) is 5.11 Å². The van der Waals surface area contributed by atoms with E-state index < -0.39 is 5.97 Å². The van der Waals surface area contributed by atoms with Crippen LogP contribution in [0.15, 0.2) is 5.38 Å². The summed E-state index contributed by atoms with van der Waals surface area (Å²) in [4.78, 5) is 26.7. The van der Waals surface area contributed by atoms with Gasteiger partial charge in [-0.15, -0.1) is 11.3 Å². The Morgan fingerprint density at radius 1 is 1.41 bits per heavy atom. The number of carbonyl (C=O) groups excluding carboxylic acids is 1. The Kier molecular flexibility index (Phi) is 5.56. The van der Waals surface area contributed by atoms with Crippen LogP contribution in [0.4, 0.5) is 0 Å². The van der Waals surface area contributed by atoms with Gasteiger partial charge < -0.3 is 10.4 Å². The fourth-order valence-corrected chi connectivity index (χ4v) is 3.60. The molecule has 0 atom stereocenters. The normalized spacial score (nSPS) is 18.1. The van der Waals surface area contributed by atoms with Gasteiger partial charge in [-0.05, 0) is 37.0 Å². The lowest BCUT2D eigenvalue weighted by Crippen LogP contribution is -2.30. The zero-order valence-corrected chi connectivity index (χ0v) is 14.0. The molecule has 0 radical (unpaired) electrons. The molecule has 1 aromatic heterocycles. The standard InChI is InChI=1S/C16H24N2O3S/c1-16(2)6-3-11(4-7-16)9-13(19)17-8-5-14-18-12(10-22-14)15(20)21/h10-11H,3-9H2,1-2H3,(H,17,19)(H,20,21). The van der Waals surface area contributed by atoms with Crippen LogP contribution in [0.2, 0.25) is 0 Å². The summed E-state index contributed by atoms with van der Waals surface area (Å²) in [6.07, 6.45) is 5.85. The number of aromatic carboxylic acids is 1. The zero-order valence-electron chi connectivity index (χ0n) is 13.2. The molecule has 5 nitrogen and oxygen atoms in total. The van der Waals surface area contributed by atoms with Crippen molar-refractivity contribution in [3.63, 3.8) is 0 Å². The van der Waals surface area contributed by atoms with E-state index in [2.05, 4.69) is 24.1 Å². The van der Waals surface area contributed by atoms with Gasteiger partial charge in [0.1, 0.15) is 0 Å². The SMILES string of the molecule is CC1(C)CCC(CC(=O)NCCc2nc(C(=O)O)cs2)CC1. The Bertz CT molecular complexity index is 529. The predicted molar refractivity (Wildman–Crippen MR) is 86.1 cm³/mol. The molecule has 1 saturated carbocycles. The van der Waals surface area contributed by atoms with Crippen molar-refractivity contribution in [1.82, 2.24) is 10.3 Å². The average Bonchev–Trinajstić information content (AvgIpc) is 2.90. The summed E-state index contributed by atoms with van der Waals surface area (Å²) in [6.45, 7) is 5.11. The van der Waals surface area contributed by atoms with Crippen LogP contribution in [0.1, 0.15) is 61.4 Å². The van der Waals surface area contributed by atoms with E-state index in [1.807, 2.05) is 0 Å². The fourth-order valence-electron chi connectivity index (χ4n) is 2.83. The first-order valence-corrected chi connectivity index (χ1v) is 8.68. The molecule has 0 unspecified atom stereocenters. The number of rotatable bonds is 6. The van der Waals surface area contributed by atoms with Crippen LogP contribution in [-0.2, 0) is 11.2 Å². The van der Waals surface area contributed by atoms with E-state index in [1.165, 1.54) is 29.6 Å². The molecule has 1 aromatic rings. The molecule has 1 heterocycles. The number of amides is 1. The smallest absolute Gasteiger partial charge is 0.355 e. The van der Waals surface area contributed by atoms with E-state index >= 15 is 0 Å². The lowest BCUT2D eigenvalue weighted by atomic mass is 9.72. The van der Waals surface area contributed by atoms with Crippen molar-refractivity contribution in [2.75, 3.05) is 6.54 Å². The van der Waals surface area contributed by atoms with Crippen LogP contribution in [0, 0.1) is 11.3 Å². The number of carboxylic acid groups (broad SMARTS) is 1. The molecule has 2 rings (SSSR count). The molecule has 0 spiro atoms. The van der Waals surface area contributed by atoms with Crippen LogP contribution in [-0.4, -0.2) is 28.5 Å². The summed E-state index contributed by atoms with van der Waals surface area (Å²) >= 11 is 1.32. The van der Waals surface area contributed by atoms with Crippen molar-refractivity contribution >= 4 is 23.2 Å². The Labute approximate surface area is 135 Å². The third-order valence-corrected chi connectivity index (χ3v) is 5.27. The molecular weight excluding hydrogens is 300 g/mol. The summed E-state index contributed by atoms with van der Waals surface area (Å²) in [7, 11) is 0. The topological polar surface area (TPSA) is 79.3 Å². The Balaban J connectivity index is 1.66. The zero-order chi connectivity index (χ0) is 16.2. The summed E-state index contributed by atoms with van der Waals surface area (Å²) in [5.74, 6) is -0.405. The molecule has 1 fully saturated rings. The summed E-state index contributed by atoms with van der Waals surface area (Å²) in [5, 5.41) is 14.0. The van der Waals surface area contributed by atoms with Gasteiger partial charge in [0.2, 0.25) is 5.91 Å². The van der Waals surface area contributed by atoms with Crippen molar-refractivity contribution in [3.05, 3.63) is 16.1 Å². The molecule has 0 bridgehead atoms. The molecule has 22 heavy (non-hydrogen) atoms. The van der Waals surface area contributed by atoms with Gasteiger partial charge >= 0.3 is 5.97 Å². The third kappa shape index (κ3) is 5.09. The van der Waals surface area contributed by atoms with Crippen molar-refractivity contribution in [2.24, 2.45) is 11.3 Å². The molecule has 1 aliphatic rings. The highest BCUT2D eigenvalue weighted by Gasteiger charge is 2.27. The number of carboxylic acids is 1. The number of hydrogen-bond donors (Lipinski definition) is 2. The Hall–Kier alpha value is -1.43. The maximum absolute atomic E-state index is 12.0. The van der Waals surface area contributed by atoms with Crippen molar-refractivity contribution in [2.45, 2.75) is 52.4 Å². The van der Waals surface area contributed by atoms with E-state index in [0.29, 0.717) is 30.7 Å². The molecule has 2 N–H and O–H groups in total. The molecule has 122 valence electrons. The second-order valence-electron chi connectivity index (χ2n) is 6.84. The fraction of sp³-hybridized carbons (Fsp3) is 0.688. The molecule has 0 aromatic carbocycles. The maximum atomic E-state index is 12.0. The van der Waals surface area contributed by atoms with E-state index in [0.717, 1.165) is 17.8 Å². The maximum Gasteiger partial charge on any atom is 0.355 e. The van der Waals surface area contributed by atoms with Gasteiger partial charge in [0.25, 0.3) is 0 Å². The van der Waals surface area contributed by atoms with E-state index in [1.54, 1.807) is 0 Å². The largest absolute Gasteiger partial charge is 0.476 e. The highest BCUT2D eigenvalue weighted by molar-refractivity contribution is 7.09. The number of aromatic nitrogens is 1. The van der Waals surface area contributed by atoms with Gasteiger partial charge in [-0.1, -0.05) is 13.8 Å². The number of nitrogens with zero attached hydrogens (tertiary/aromatic N) is 1. The van der Waals surface area contributed by atoms with Gasteiger partial charge in [0, 0.05) is 24.8 Å². The highest BCUT2D eigenvalue weighted by atomic mass is 32.1. The summed E-state index contributed by atoms with van der Waals surface area (Å²) in [6, 6.07) is 0. The van der Waals surface area contributed by atoms with Crippen molar-refractivity contribution in [3.8, 4) is 0 Å². The van der Waals surface area contributed by atoms with Crippen molar-refractivity contribution < 1.29 is 14.7 Å². The van der Waals surface area contributed by atoms with E-state index in [-0.39, 0.29) is 11.6 Å². The van der Waals surface area contributed by atoms with Gasteiger partial charge in [0.15, 0.2) is 5.69 Å². The van der Waals surface area contributed by atoms with Crippen LogP contribution < -0.4 is 5.32 Å². The minimum Gasteiger partial charge on any atom is -0.476 e. The van der Waals surface area contributed by atoms with Gasteiger partial charge in [0.05, 0.1) is 5.01 Å². The average molecular weight is 324 g/mol. The second-order valence-corrected chi connectivity index (χ2v) is 7.79. The third-order valence-electron chi connectivity index (χ3n) is 4.36. The quantitative estimate of drug-likeness (QED) is 0.842. The molecule has 1 aliphatic carbocycles. The monoisotopic (exact) mass is 324 g/mol. The van der Waals surface area contributed by atoms with Crippen LogP contribution in [0.5, 0.6) is 0 Å². The van der Waals surface area contributed by atoms with Crippen molar-refractivity contribution in [1.29, 1.82) is 0 Å². The summed E-state index contributed by atoms with van der Waals surface area (Å²) < 4.78 is 0. The lowest BCUT2D eigenvalue weighted by molar-refractivity contribution is -0.122. The molecule has 0 saturated heterocycles. The predicted octanol–water partition coefficient (Wildman–Crippen LogP) is 3.11. The number of nitrogens with one attached hydrogen (secondary N) is 1. The first-order chi connectivity index (χ1) is 10.4. The van der Waals surface area contributed by atoms with Gasteiger partial charge in [-0.25, -0.2) is 9.78 Å². The minimum atomic E-state index is -1.01. The van der Waals surface area contributed by atoms with E-state index in [9.17, 15) is 9.59 Å². The Morgan fingerprint density at radius 2 is 2.09 bits per heavy atom. The number of thiazole rings is 1. The lowest BCUT2D eigenvalue weighted by Gasteiger charge is -2.34. The molecule has 0 aliphatic heterocycles. The first-order valence-electron chi connectivity index (χ1n) is 7.80.